The fourth-order valence-electron chi connectivity index (χ4n) is 3.67. The minimum atomic E-state index is -0.120. The fourth-order valence-corrected chi connectivity index (χ4v) is 3.67. The molecule has 0 spiro atoms. The maximum Gasteiger partial charge on any atom is 0.255 e. The molecule has 0 fully saturated rings. The number of ether oxygens (including phenoxy) is 1. The minimum Gasteiger partial charge on any atom is -0.495 e. The van der Waals surface area contributed by atoms with Crippen LogP contribution >= 0.6 is 0 Å². The van der Waals surface area contributed by atoms with E-state index in [4.69, 9.17) is 4.74 Å². The van der Waals surface area contributed by atoms with Gasteiger partial charge in [0.2, 0.25) is 0 Å². The molecule has 0 bridgehead atoms. The van der Waals surface area contributed by atoms with Crippen molar-refractivity contribution >= 4 is 22.5 Å². The number of carbonyl (C=O) groups is 1. The lowest BCUT2D eigenvalue weighted by molar-refractivity contribution is 0.102. The van der Waals surface area contributed by atoms with Crippen molar-refractivity contribution in [2.24, 2.45) is 5.92 Å². The zero-order chi connectivity index (χ0) is 17.4. The second-order valence-corrected chi connectivity index (χ2v) is 6.84. The van der Waals surface area contributed by atoms with Crippen LogP contribution in [-0.2, 0) is 12.8 Å². The van der Waals surface area contributed by atoms with E-state index in [1.165, 1.54) is 23.1 Å². The maximum atomic E-state index is 12.7. The average molecular weight is 334 g/mol. The molecule has 4 heteroatoms. The van der Waals surface area contributed by atoms with Crippen LogP contribution in [0.25, 0.3) is 10.9 Å². The van der Waals surface area contributed by atoms with Crippen LogP contribution in [0.3, 0.4) is 0 Å². The lowest BCUT2D eigenvalue weighted by Gasteiger charge is -2.18. The third-order valence-corrected chi connectivity index (χ3v) is 5.05. The number of hydrogen-bond acceptors (Lipinski definition) is 2. The van der Waals surface area contributed by atoms with Crippen molar-refractivity contribution in [3.05, 3.63) is 59.3 Å². The van der Waals surface area contributed by atoms with Crippen LogP contribution in [0.1, 0.15) is 35.0 Å². The summed E-state index contributed by atoms with van der Waals surface area (Å²) in [5, 5.41) is 4.12. The number of aryl methyl sites for hydroxylation is 1. The Morgan fingerprint density at radius 3 is 2.92 bits per heavy atom. The van der Waals surface area contributed by atoms with Crippen LogP contribution in [0.4, 0.5) is 5.69 Å². The Balaban J connectivity index is 1.67. The molecule has 4 rings (SSSR count). The molecule has 0 aliphatic heterocycles. The molecule has 128 valence electrons. The zero-order valence-corrected chi connectivity index (χ0v) is 14.6. The van der Waals surface area contributed by atoms with E-state index in [0.29, 0.717) is 22.9 Å². The highest BCUT2D eigenvalue weighted by Gasteiger charge is 2.20. The van der Waals surface area contributed by atoms with Crippen LogP contribution in [0.2, 0.25) is 0 Å². The molecule has 1 aliphatic rings. The van der Waals surface area contributed by atoms with Gasteiger partial charge in [0.15, 0.2) is 0 Å². The number of amides is 1. The Labute approximate surface area is 147 Å². The maximum absolute atomic E-state index is 12.7. The highest BCUT2D eigenvalue weighted by atomic mass is 16.5. The number of aromatic amines is 1. The average Bonchev–Trinajstić information content (AvgIpc) is 2.99. The van der Waals surface area contributed by atoms with Crippen LogP contribution in [0.5, 0.6) is 5.75 Å². The van der Waals surface area contributed by atoms with Gasteiger partial charge >= 0.3 is 0 Å². The number of aromatic nitrogens is 1. The predicted molar refractivity (Wildman–Crippen MR) is 100 cm³/mol. The molecule has 25 heavy (non-hydrogen) atoms. The van der Waals surface area contributed by atoms with E-state index in [-0.39, 0.29) is 5.91 Å². The Morgan fingerprint density at radius 2 is 2.08 bits per heavy atom. The fraction of sp³-hybridized carbons (Fsp3) is 0.286. The summed E-state index contributed by atoms with van der Waals surface area (Å²) in [5.41, 5.74) is 5.17. The van der Waals surface area contributed by atoms with Gasteiger partial charge in [-0.2, -0.15) is 0 Å². The number of fused-ring (bicyclic) bond motifs is 3. The van der Waals surface area contributed by atoms with E-state index < -0.39 is 0 Å². The van der Waals surface area contributed by atoms with Crippen LogP contribution < -0.4 is 10.1 Å². The number of benzene rings is 2. The molecule has 1 atom stereocenters. The van der Waals surface area contributed by atoms with Crippen molar-refractivity contribution < 1.29 is 9.53 Å². The summed E-state index contributed by atoms with van der Waals surface area (Å²) in [6.07, 6.45) is 3.39. The van der Waals surface area contributed by atoms with Crippen LogP contribution in [0, 0.1) is 5.92 Å². The minimum absolute atomic E-state index is 0.120. The second-order valence-electron chi connectivity index (χ2n) is 6.84. The molecule has 3 aromatic rings. The number of para-hydroxylation sites is 2. The van der Waals surface area contributed by atoms with Gasteiger partial charge in [-0.3, -0.25) is 4.79 Å². The third kappa shape index (κ3) is 2.88. The first-order chi connectivity index (χ1) is 12.2. The summed E-state index contributed by atoms with van der Waals surface area (Å²) in [5.74, 6) is 1.23. The molecule has 1 amide bonds. The van der Waals surface area contributed by atoms with E-state index in [2.05, 4.69) is 17.2 Å². The van der Waals surface area contributed by atoms with Gasteiger partial charge in [-0.1, -0.05) is 19.1 Å². The highest BCUT2D eigenvalue weighted by molar-refractivity contribution is 6.07. The predicted octanol–water partition coefficient (Wildman–Crippen LogP) is 4.55. The number of methoxy groups -OCH3 is 1. The molecular formula is C21H22N2O2. The largest absolute Gasteiger partial charge is 0.495 e. The van der Waals surface area contributed by atoms with Crippen molar-refractivity contribution in [3.63, 3.8) is 0 Å². The molecular weight excluding hydrogens is 312 g/mol. The standard InChI is InChI=1S/C21H22N2O2/c1-13-7-9-17-15(11-13)16-12-14(8-10-18(16)22-17)21(24)23-19-5-3-4-6-20(19)25-2/h3-6,8,10,12-13,22H,7,9,11H2,1-2H3,(H,23,24)/t13-/m0/s1. The second kappa shape index (κ2) is 6.28. The van der Waals surface area contributed by atoms with Crippen molar-refractivity contribution in [2.45, 2.75) is 26.2 Å². The first kappa shape index (κ1) is 15.8. The third-order valence-electron chi connectivity index (χ3n) is 5.05. The molecule has 1 aliphatic carbocycles. The van der Waals surface area contributed by atoms with E-state index in [9.17, 15) is 4.79 Å². The summed E-state index contributed by atoms with van der Waals surface area (Å²) < 4.78 is 5.31. The summed E-state index contributed by atoms with van der Waals surface area (Å²) >= 11 is 0. The van der Waals surface area contributed by atoms with E-state index in [1.807, 2.05) is 42.5 Å². The zero-order valence-electron chi connectivity index (χ0n) is 14.6. The first-order valence-corrected chi connectivity index (χ1v) is 8.73. The quantitative estimate of drug-likeness (QED) is 0.738. The van der Waals surface area contributed by atoms with E-state index in [0.717, 1.165) is 18.4 Å². The summed E-state index contributed by atoms with van der Waals surface area (Å²) in [7, 11) is 1.60. The molecule has 2 N–H and O–H groups in total. The van der Waals surface area contributed by atoms with Gasteiger partial charge in [-0.15, -0.1) is 0 Å². The summed E-state index contributed by atoms with van der Waals surface area (Å²) in [6.45, 7) is 2.29. The van der Waals surface area contributed by atoms with Crippen molar-refractivity contribution in [3.8, 4) is 5.75 Å². The molecule has 2 aromatic carbocycles. The van der Waals surface area contributed by atoms with E-state index >= 15 is 0 Å². The number of rotatable bonds is 3. The Morgan fingerprint density at radius 1 is 1.24 bits per heavy atom. The highest BCUT2D eigenvalue weighted by Crippen LogP contribution is 2.32. The monoisotopic (exact) mass is 334 g/mol. The summed E-state index contributed by atoms with van der Waals surface area (Å²) in [4.78, 5) is 16.2. The van der Waals surface area contributed by atoms with Gasteiger partial charge in [0.1, 0.15) is 5.75 Å². The van der Waals surface area contributed by atoms with Gasteiger partial charge in [0.25, 0.3) is 5.91 Å². The molecule has 0 saturated heterocycles. The molecule has 4 nitrogen and oxygen atoms in total. The Hall–Kier alpha value is -2.75. The molecule has 0 saturated carbocycles. The molecule has 0 radical (unpaired) electrons. The van der Waals surface area contributed by atoms with Crippen LogP contribution in [0.15, 0.2) is 42.5 Å². The number of carbonyl (C=O) groups excluding carboxylic acids is 1. The van der Waals surface area contributed by atoms with Gasteiger partial charge < -0.3 is 15.0 Å². The van der Waals surface area contributed by atoms with Gasteiger partial charge in [-0.05, 0) is 61.1 Å². The van der Waals surface area contributed by atoms with Crippen LogP contribution in [-0.4, -0.2) is 18.0 Å². The van der Waals surface area contributed by atoms with Crippen molar-refractivity contribution in [1.29, 1.82) is 0 Å². The van der Waals surface area contributed by atoms with Gasteiger partial charge in [0, 0.05) is 22.2 Å². The summed E-state index contributed by atoms with van der Waals surface area (Å²) in [6, 6.07) is 13.3. The molecule has 0 unspecified atom stereocenters. The number of anilines is 1. The van der Waals surface area contributed by atoms with Crippen molar-refractivity contribution in [1.82, 2.24) is 4.98 Å². The number of hydrogen-bond donors (Lipinski definition) is 2. The number of H-pyrrole nitrogens is 1. The Bertz CT molecular complexity index is 942. The topological polar surface area (TPSA) is 54.1 Å². The smallest absolute Gasteiger partial charge is 0.255 e. The molecule has 1 heterocycles. The van der Waals surface area contributed by atoms with Gasteiger partial charge in [-0.25, -0.2) is 0 Å². The van der Waals surface area contributed by atoms with E-state index in [1.54, 1.807) is 7.11 Å². The number of nitrogens with one attached hydrogen (secondary N) is 2. The lowest BCUT2D eigenvalue weighted by atomic mass is 9.87. The SMILES string of the molecule is COc1ccccc1NC(=O)c1ccc2[nH]c3c(c2c1)C[C@@H](C)CC3. The van der Waals surface area contributed by atoms with Crippen molar-refractivity contribution in [2.75, 3.05) is 12.4 Å². The normalized spacial score (nSPS) is 16.5. The first-order valence-electron chi connectivity index (χ1n) is 8.73. The Kier molecular flexibility index (Phi) is 3.96. The lowest BCUT2D eigenvalue weighted by Crippen LogP contribution is -2.13. The van der Waals surface area contributed by atoms with Gasteiger partial charge in [0.05, 0.1) is 12.8 Å². The molecule has 1 aromatic heterocycles.